The number of ether oxygens (including phenoxy) is 2. The first-order chi connectivity index (χ1) is 9.08. The highest BCUT2D eigenvalue weighted by Crippen LogP contribution is 2.36. The van der Waals surface area contributed by atoms with Gasteiger partial charge in [-0.15, -0.1) is 0 Å². The number of fused-ring (bicyclic) bond motifs is 1. The Hall–Kier alpha value is -1.78. The van der Waals surface area contributed by atoms with Gasteiger partial charge in [0.15, 0.2) is 0 Å². The highest BCUT2D eigenvalue weighted by atomic mass is 16.5. The number of methoxy groups -OCH3 is 1. The van der Waals surface area contributed by atoms with Crippen molar-refractivity contribution in [3.05, 3.63) is 22.5 Å². The van der Waals surface area contributed by atoms with E-state index in [0.717, 1.165) is 42.5 Å². The maximum absolute atomic E-state index is 11.8. The number of carbonyl (C=O) groups is 2. The third-order valence-corrected chi connectivity index (χ3v) is 3.52. The summed E-state index contributed by atoms with van der Waals surface area (Å²) in [7, 11) is 1.37. The van der Waals surface area contributed by atoms with E-state index < -0.39 is 0 Å². The molecule has 1 heterocycles. The second-order valence-electron chi connectivity index (χ2n) is 4.71. The van der Waals surface area contributed by atoms with Crippen LogP contribution in [0.5, 0.6) is 0 Å². The second-order valence-corrected chi connectivity index (χ2v) is 4.71. The molecule has 2 rings (SSSR count). The van der Waals surface area contributed by atoms with Crippen LogP contribution < -0.4 is 0 Å². The van der Waals surface area contributed by atoms with Crippen LogP contribution in [-0.2, 0) is 27.1 Å². The molecule has 0 saturated carbocycles. The predicted molar refractivity (Wildman–Crippen MR) is 69.0 cm³/mol. The van der Waals surface area contributed by atoms with Crippen LogP contribution in [0.15, 0.2) is 0 Å². The molecule has 1 unspecified atom stereocenters. The van der Waals surface area contributed by atoms with Crippen molar-refractivity contribution in [3.63, 3.8) is 0 Å². The fraction of sp³-hybridized carbons (Fsp3) is 0.571. The minimum Gasteiger partial charge on any atom is -0.464 e. The van der Waals surface area contributed by atoms with Crippen molar-refractivity contribution in [2.75, 3.05) is 7.11 Å². The van der Waals surface area contributed by atoms with Gasteiger partial charge < -0.3 is 14.5 Å². The molecule has 1 aromatic rings. The number of nitrogens with one attached hydrogen (secondary N) is 1. The highest BCUT2D eigenvalue weighted by molar-refractivity contribution is 5.90. The van der Waals surface area contributed by atoms with Crippen LogP contribution in [-0.4, -0.2) is 24.0 Å². The topological polar surface area (TPSA) is 68.4 Å². The fourth-order valence-corrected chi connectivity index (χ4v) is 2.75. The SMILES string of the molecule is CCc1c(C(=O)OC)[nH]c2c1CCCC2OC(C)=O. The van der Waals surface area contributed by atoms with E-state index in [1.54, 1.807) is 0 Å². The van der Waals surface area contributed by atoms with Gasteiger partial charge in [-0.05, 0) is 36.8 Å². The van der Waals surface area contributed by atoms with Gasteiger partial charge in [-0.2, -0.15) is 0 Å². The fourth-order valence-electron chi connectivity index (χ4n) is 2.75. The van der Waals surface area contributed by atoms with Gasteiger partial charge in [0.05, 0.1) is 12.8 Å². The molecule has 19 heavy (non-hydrogen) atoms. The molecular weight excluding hydrogens is 246 g/mol. The Kier molecular flexibility index (Phi) is 3.93. The molecular formula is C14H19NO4. The van der Waals surface area contributed by atoms with Crippen molar-refractivity contribution in [2.45, 2.75) is 45.6 Å². The van der Waals surface area contributed by atoms with Crippen molar-refractivity contribution in [3.8, 4) is 0 Å². The van der Waals surface area contributed by atoms with Gasteiger partial charge in [0.1, 0.15) is 11.8 Å². The zero-order valence-corrected chi connectivity index (χ0v) is 11.5. The predicted octanol–water partition coefficient (Wildman–Crippen LogP) is 2.30. The number of aromatic amines is 1. The van der Waals surface area contributed by atoms with Gasteiger partial charge in [-0.25, -0.2) is 4.79 Å². The first kappa shape index (κ1) is 13.6. The number of hydrogen-bond acceptors (Lipinski definition) is 4. The Bertz CT molecular complexity index is 504. The molecule has 0 saturated heterocycles. The normalized spacial score (nSPS) is 17.7. The molecule has 104 valence electrons. The second kappa shape index (κ2) is 5.47. The van der Waals surface area contributed by atoms with E-state index in [2.05, 4.69) is 4.98 Å². The third kappa shape index (κ3) is 2.50. The number of aromatic nitrogens is 1. The van der Waals surface area contributed by atoms with Crippen molar-refractivity contribution >= 4 is 11.9 Å². The molecule has 5 heteroatoms. The summed E-state index contributed by atoms with van der Waals surface area (Å²) in [5.41, 5.74) is 3.45. The van der Waals surface area contributed by atoms with Gasteiger partial charge in [0.25, 0.3) is 0 Å². The molecule has 0 radical (unpaired) electrons. The zero-order chi connectivity index (χ0) is 14.0. The molecule has 1 atom stereocenters. The van der Waals surface area contributed by atoms with E-state index in [1.807, 2.05) is 6.92 Å². The van der Waals surface area contributed by atoms with Gasteiger partial charge in [-0.1, -0.05) is 6.92 Å². The van der Waals surface area contributed by atoms with Gasteiger partial charge >= 0.3 is 11.9 Å². The van der Waals surface area contributed by atoms with E-state index in [9.17, 15) is 9.59 Å². The number of rotatable bonds is 3. The van der Waals surface area contributed by atoms with E-state index in [1.165, 1.54) is 14.0 Å². The van der Waals surface area contributed by atoms with Gasteiger partial charge in [0, 0.05) is 6.92 Å². The Morgan fingerprint density at radius 1 is 1.42 bits per heavy atom. The summed E-state index contributed by atoms with van der Waals surface area (Å²) >= 11 is 0. The van der Waals surface area contributed by atoms with Crippen LogP contribution >= 0.6 is 0 Å². The van der Waals surface area contributed by atoms with Crippen LogP contribution in [0.3, 0.4) is 0 Å². The summed E-state index contributed by atoms with van der Waals surface area (Å²) in [6, 6.07) is 0. The maximum atomic E-state index is 11.8. The van der Waals surface area contributed by atoms with Gasteiger partial charge in [-0.3, -0.25) is 4.79 Å². The first-order valence-electron chi connectivity index (χ1n) is 6.57. The summed E-state index contributed by atoms with van der Waals surface area (Å²) in [6.07, 6.45) is 3.13. The zero-order valence-electron chi connectivity index (χ0n) is 11.5. The smallest absolute Gasteiger partial charge is 0.354 e. The molecule has 0 aromatic carbocycles. The number of H-pyrrole nitrogens is 1. The Labute approximate surface area is 112 Å². The molecule has 0 amide bonds. The van der Waals surface area contributed by atoms with Crippen LogP contribution in [0.25, 0.3) is 0 Å². The van der Waals surface area contributed by atoms with E-state index >= 15 is 0 Å². The number of hydrogen-bond donors (Lipinski definition) is 1. The minimum absolute atomic E-state index is 0.273. The average Bonchev–Trinajstić information content (AvgIpc) is 2.76. The summed E-state index contributed by atoms with van der Waals surface area (Å²) in [5.74, 6) is -0.669. The molecule has 1 N–H and O–H groups in total. The summed E-state index contributed by atoms with van der Waals surface area (Å²) < 4.78 is 10.1. The first-order valence-corrected chi connectivity index (χ1v) is 6.57. The molecule has 1 aliphatic rings. The third-order valence-electron chi connectivity index (χ3n) is 3.52. The molecule has 1 aliphatic carbocycles. The molecule has 0 aliphatic heterocycles. The van der Waals surface area contributed by atoms with Crippen LogP contribution in [0.2, 0.25) is 0 Å². The lowest BCUT2D eigenvalue weighted by molar-refractivity contribution is -0.147. The van der Waals surface area contributed by atoms with Crippen LogP contribution in [0.1, 0.15) is 60.1 Å². The van der Waals surface area contributed by atoms with Crippen molar-refractivity contribution in [1.82, 2.24) is 4.98 Å². The van der Waals surface area contributed by atoms with Crippen LogP contribution in [0.4, 0.5) is 0 Å². The molecule has 0 spiro atoms. The quantitative estimate of drug-likeness (QED) is 0.851. The maximum Gasteiger partial charge on any atom is 0.354 e. The number of carbonyl (C=O) groups excluding carboxylic acids is 2. The lowest BCUT2D eigenvalue weighted by Crippen LogP contribution is -2.15. The Morgan fingerprint density at radius 3 is 2.74 bits per heavy atom. The summed E-state index contributed by atoms with van der Waals surface area (Å²) in [4.78, 5) is 26.0. The highest BCUT2D eigenvalue weighted by Gasteiger charge is 2.30. The Balaban J connectivity index is 2.44. The summed E-state index contributed by atoms with van der Waals surface area (Å²) in [5, 5.41) is 0. The van der Waals surface area contributed by atoms with E-state index in [-0.39, 0.29) is 18.0 Å². The lowest BCUT2D eigenvalue weighted by Gasteiger charge is -2.22. The van der Waals surface area contributed by atoms with E-state index in [4.69, 9.17) is 9.47 Å². The van der Waals surface area contributed by atoms with E-state index in [0.29, 0.717) is 5.69 Å². The standard InChI is InChI=1S/C14H19NO4/c1-4-9-10-6-5-7-11(19-8(2)16)12(10)15-13(9)14(17)18-3/h11,15H,4-7H2,1-3H3. The molecule has 5 nitrogen and oxygen atoms in total. The lowest BCUT2D eigenvalue weighted by atomic mass is 9.91. The minimum atomic E-state index is -0.368. The molecule has 0 bridgehead atoms. The van der Waals surface area contributed by atoms with Crippen LogP contribution in [0, 0.1) is 0 Å². The number of esters is 2. The summed E-state index contributed by atoms with van der Waals surface area (Å²) in [6.45, 7) is 3.41. The molecule has 1 aromatic heterocycles. The van der Waals surface area contributed by atoms with Crippen molar-refractivity contribution in [1.29, 1.82) is 0 Å². The Morgan fingerprint density at radius 2 is 2.16 bits per heavy atom. The largest absolute Gasteiger partial charge is 0.464 e. The average molecular weight is 265 g/mol. The monoisotopic (exact) mass is 265 g/mol. The van der Waals surface area contributed by atoms with Crippen molar-refractivity contribution in [2.24, 2.45) is 0 Å². The van der Waals surface area contributed by atoms with Gasteiger partial charge in [0.2, 0.25) is 0 Å². The molecule has 0 fully saturated rings. The van der Waals surface area contributed by atoms with Crippen molar-refractivity contribution < 1.29 is 19.1 Å².